The van der Waals surface area contributed by atoms with Crippen molar-refractivity contribution < 1.29 is 27.8 Å². The van der Waals surface area contributed by atoms with Crippen LogP contribution in [0.5, 0.6) is 5.75 Å². The van der Waals surface area contributed by atoms with Crippen LogP contribution in [0.3, 0.4) is 0 Å². The molecule has 0 saturated heterocycles. The lowest BCUT2D eigenvalue weighted by Crippen LogP contribution is -2.47. The number of amides is 2. The van der Waals surface area contributed by atoms with Crippen LogP contribution in [0, 0.1) is 18.6 Å². The minimum absolute atomic E-state index is 0.0483. The van der Waals surface area contributed by atoms with Gasteiger partial charge >= 0.3 is 6.09 Å². The van der Waals surface area contributed by atoms with Gasteiger partial charge in [0.05, 0.1) is 24.5 Å². The molecule has 3 aromatic rings. The number of fused-ring (bicyclic) bond motifs is 1. The lowest BCUT2D eigenvalue weighted by atomic mass is 10.1. The smallest absolute Gasteiger partial charge is 0.411 e. The fourth-order valence-corrected chi connectivity index (χ4v) is 5.10. The molecule has 1 aliphatic heterocycles. The Hall–Kier alpha value is -3.95. The van der Waals surface area contributed by atoms with Crippen molar-refractivity contribution >= 4 is 12.0 Å². The second-order valence-corrected chi connectivity index (χ2v) is 11.4. The Labute approximate surface area is 232 Å². The van der Waals surface area contributed by atoms with E-state index in [-0.39, 0.29) is 24.8 Å². The molecule has 5 rings (SSSR count). The standard InChI is InChI=1S/C30H34F2N4O4/c1-19-12-22-16-34(10-11-36(22)33-19)27(37)17-35(29(38)40-30(2,3)4)26-15-23(26)24-13-21(31)14-25(32)28(24)39-18-20-8-6-5-7-9-20/h5-9,12-14,23,26H,10-11,15-18H2,1-4H3/t23-,26+/m0/s1. The highest BCUT2D eigenvalue weighted by molar-refractivity contribution is 5.83. The van der Waals surface area contributed by atoms with Crippen molar-refractivity contribution in [3.8, 4) is 5.75 Å². The molecular formula is C30H34F2N4O4. The zero-order chi connectivity index (χ0) is 28.6. The van der Waals surface area contributed by atoms with Crippen LogP contribution in [-0.2, 0) is 29.2 Å². The average molecular weight is 553 g/mol. The minimum atomic E-state index is -0.809. The van der Waals surface area contributed by atoms with Crippen LogP contribution in [0.1, 0.15) is 55.6 Å². The van der Waals surface area contributed by atoms with Crippen molar-refractivity contribution in [2.24, 2.45) is 0 Å². The van der Waals surface area contributed by atoms with Gasteiger partial charge in [0.2, 0.25) is 5.91 Å². The second kappa shape index (κ2) is 10.9. The van der Waals surface area contributed by atoms with Crippen molar-refractivity contribution in [1.82, 2.24) is 19.6 Å². The monoisotopic (exact) mass is 552 g/mol. The SMILES string of the molecule is Cc1cc2n(n1)CCN(C(=O)CN(C(=O)OC(C)(C)C)[C@@H]1C[C@H]1c1cc(F)cc(F)c1OCc1ccccc1)C2. The summed E-state index contributed by atoms with van der Waals surface area (Å²) in [4.78, 5) is 29.8. The number of ether oxygens (including phenoxy) is 2. The Kier molecular flexibility index (Phi) is 7.53. The molecular weight excluding hydrogens is 518 g/mol. The molecule has 1 aliphatic carbocycles. The van der Waals surface area contributed by atoms with E-state index in [0.29, 0.717) is 31.6 Å². The molecule has 1 aromatic heterocycles. The lowest BCUT2D eigenvalue weighted by molar-refractivity contribution is -0.134. The van der Waals surface area contributed by atoms with Gasteiger partial charge in [0.25, 0.3) is 0 Å². The van der Waals surface area contributed by atoms with Crippen molar-refractivity contribution in [3.05, 3.63) is 82.7 Å². The maximum atomic E-state index is 14.9. The molecule has 212 valence electrons. The highest BCUT2D eigenvalue weighted by Crippen LogP contribution is 2.49. The first-order valence-corrected chi connectivity index (χ1v) is 13.4. The third kappa shape index (κ3) is 6.26. The first-order valence-electron chi connectivity index (χ1n) is 13.4. The van der Waals surface area contributed by atoms with E-state index in [1.54, 1.807) is 25.7 Å². The van der Waals surface area contributed by atoms with Crippen molar-refractivity contribution in [3.63, 3.8) is 0 Å². The summed E-state index contributed by atoms with van der Waals surface area (Å²) in [5.41, 5.74) is 2.20. The summed E-state index contributed by atoms with van der Waals surface area (Å²) in [5.74, 6) is -2.23. The molecule has 10 heteroatoms. The number of halogens is 2. The molecule has 8 nitrogen and oxygen atoms in total. The number of benzene rings is 2. The number of nitrogens with zero attached hydrogens (tertiary/aromatic N) is 4. The number of rotatable bonds is 7. The Morgan fingerprint density at radius 3 is 2.58 bits per heavy atom. The first kappa shape index (κ1) is 27.6. The summed E-state index contributed by atoms with van der Waals surface area (Å²) in [7, 11) is 0. The summed E-state index contributed by atoms with van der Waals surface area (Å²) < 4.78 is 42.7. The molecule has 0 bridgehead atoms. The van der Waals surface area contributed by atoms with Crippen LogP contribution < -0.4 is 4.74 Å². The van der Waals surface area contributed by atoms with Crippen molar-refractivity contribution in [1.29, 1.82) is 0 Å². The largest absolute Gasteiger partial charge is 0.486 e. The zero-order valence-corrected chi connectivity index (χ0v) is 23.2. The molecule has 2 amide bonds. The maximum absolute atomic E-state index is 14.9. The number of aryl methyl sites for hydroxylation is 1. The predicted octanol–water partition coefficient (Wildman–Crippen LogP) is 5.18. The van der Waals surface area contributed by atoms with Gasteiger partial charge in [-0.3, -0.25) is 14.4 Å². The van der Waals surface area contributed by atoms with Crippen LogP contribution in [0.2, 0.25) is 0 Å². The zero-order valence-electron chi connectivity index (χ0n) is 23.2. The number of carbonyl (C=O) groups excluding carboxylic acids is 2. The molecule has 40 heavy (non-hydrogen) atoms. The molecule has 2 aliphatic rings. The highest BCUT2D eigenvalue weighted by atomic mass is 19.1. The Balaban J connectivity index is 1.36. The molecule has 2 atom stereocenters. The average Bonchev–Trinajstić information content (AvgIpc) is 3.58. The van der Waals surface area contributed by atoms with Gasteiger partial charge in [0.15, 0.2) is 11.6 Å². The van der Waals surface area contributed by atoms with Gasteiger partial charge in [0, 0.05) is 30.1 Å². The summed E-state index contributed by atoms with van der Waals surface area (Å²) in [6, 6.07) is 12.8. The number of hydrogen-bond acceptors (Lipinski definition) is 5. The third-order valence-electron chi connectivity index (χ3n) is 7.03. The molecule has 0 unspecified atom stereocenters. The van der Waals surface area contributed by atoms with E-state index >= 15 is 0 Å². The van der Waals surface area contributed by atoms with E-state index in [0.717, 1.165) is 23.0 Å². The van der Waals surface area contributed by atoms with E-state index < -0.39 is 35.3 Å². The molecule has 0 radical (unpaired) electrons. The first-order chi connectivity index (χ1) is 19.0. The van der Waals surface area contributed by atoms with Crippen molar-refractivity contribution in [2.45, 2.75) is 71.4 Å². The van der Waals surface area contributed by atoms with Gasteiger partial charge in [-0.15, -0.1) is 0 Å². The molecule has 2 heterocycles. The summed E-state index contributed by atoms with van der Waals surface area (Å²) in [6.45, 7) is 8.48. The van der Waals surface area contributed by atoms with Gasteiger partial charge in [0.1, 0.15) is 24.6 Å². The van der Waals surface area contributed by atoms with E-state index in [1.807, 2.05) is 48.0 Å². The predicted molar refractivity (Wildman–Crippen MR) is 144 cm³/mol. The van der Waals surface area contributed by atoms with Gasteiger partial charge < -0.3 is 14.4 Å². The van der Waals surface area contributed by atoms with E-state index in [2.05, 4.69) is 5.10 Å². The normalized spacial score (nSPS) is 18.2. The van der Waals surface area contributed by atoms with Gasteiger partial charge in [-0.25, -0.2) is 13.6 Å². The molecule has 0 spiro atoms. The fourth-order valence-electron chi connectivity index (χ4n) is 5.10. The number of aromatic nitrogens is 2. The Bertz CT molecular complexity index is 1400. The quantitative estimate of drug-likeness (QED) is 0.404. The third-order valence-corrected chi connectivity index (χ3v) is 7.03. The fraction of sp³-hybridized carbons (Fsp3) is 0.433. The van der Waals surface area contributed by atoms with E-state index in [1.165, 1.54) is 11.0 Å². The topological polar surface area (TPSA) is 76.9 Å². The second-order valence-electron chi connectivity index (χ2n) is 11.4. The van der Waals surface area contributed by atoms with E-state index in [9.17, 15) is 18.4 Å². The molecule has 1 fully saturated rings. The van der Waals surface area contributed by atoms with Crippen molar-refractivity contribution in [2.75, 3.05) is 13.1 Å². The number of hydrogen-bond donors (Lipinski definition) is 0. The van der Waals surface area contributed by atoms with Crippen LogP contribution in [0.4, 0.5) is 13.6 Å². The van der Waals surface area contributed by atoms with Crippen LogP contribution in [-0.4, -0.2) is 56.3 Å². The van der Waals surface area contributed by atoms with Gasteiger partial charge in [-0.1, -0.05) is 30.3 Å². The highest BCUT2D eigenvalue weighted by Gasteiger charge is 2.49. The molecule has 1 saturated carbocycles. The molecule has 2 aromatic carbocycles. The Morgan fingerprint density at radius 2 is 1.85 bits per heavy atom. The van der Waals surface area contributed by atoms with Gasteiger partial charge in [-0.05, 0) is 51.8 Å². The van der Waals surface area contributed by atoms with E-state index in [4.69, 9.17) is 9.47 Å². The maximum Gasteiger partial charge on any atom is 0.411 e. The van der Waals surface area contributed by atoms with Gasteiger partial charge in [-0.2, -0.15) is 5.10 Å². The van der Waals surface area contributed by atoms with Crippen LogP contribution in [0.15, 0.2) is 48.5 Å². The van der Waals surface area contributed by atoms with Crippen LogP contribution >= 0.6 is 0 Å². The Morgan fingerprint density at radius 1 is 1.10 bits per heavy atom. The minimum Gasteiger partial charge on any atom is -0.486 e. The summed E-state index contributed by atoms with van der Waals surface area (Å²) in [5, 5.41) is 4.43. The molecule has 0 N–H and O–H groups in total. The van der Waals surface area contributed by atoms with Crippen LogP contribution in [0.25, 0.3) is 0 Å². The summed E-state index contributed by atoms with van der Waals surface area (Å²) in [6.07, 6.45) is -0.224. The lowest BCUT2D eigenvalue weighted by Gasteiger charge is -2.32. The number of carbonyl (C=O) groups is 2. The summed E-state index contributed by atoms with van der Waals surface area (Å²) >= 11 is 0.